The Bertz CT molecular complexity index is 1750. The van der Waals surface area contributed by atoms with E-state index in [4.69, 9.17) is 13.8 Å². The summed E-state index contributed by atoms with van der Waals surface area (Å²) in [6.07, 6.45) is -0.147. The van der Waals surface area contributed by atoms with Gasteiger partial charge in [0.2, 0.25) is 0 Å². The Morgan fingerprint density at radius 3 is 2.10 bits per heavy atom. The summed E-state index contributed by atoms with van der Waals surface area (Å²) in [6.45, 7) is 11.2. The number of ether oxygens (including phenoxy) is 1. The number of benzene rings is 3. The molecule has 3 heterocycles. The number of rotatable bonds is 10. The Morgan fingerprint density at radius 2 is 1.52 bits per heavy atom. The van der Waals surface area contributed by atoms with Gasteiger partial charge in [-0.15, -0.1) is 0 Å². The van der Waals surface area contributed by atoms with Crippen LogP contribution in [-0.4, -0.2) is 72.2 Å². The number of nitro groups is 1. The molecule has 264 valence electrons. The number of nitrogens with zero attached hydrogens (tertiary/aromatic N) is 3. The maximum atomic E-state index is 14.5. The van der Waals surface area contributed by atoms with E-state index in [1.807, 2.05) is 26.0 Å². The van der Waals surface area contributed by atoms with Gasteiger partial charge in [-0.1, -0.05) is 72.8 Å². The normalized spacial score (nSPS) is 25.0. The van der Waals surface area contributed by atoms with Gasteiger partial charge in [0.25, 0.3) is 5.69 Å². The summed E-state index contributed by atoms with van der Waals surface area (Å²) in [5, 5.41) is 15.2. The van der Waals surface area contributed by atoms with Crippen molar-refractivity contribution >= 4 is 19.3 Å². The third-order valence-electron chi connectivity index (χ3n) is 9.60. The lowest BCUT2D eigenvalue weighted by Gasteiger charge is -2.40. The first-order valence-corrected chi connectivity index (χ1v) is 18.7. The summed E-state index contributed by atoms with van der Waals surface area (Å²) in [6, 6.07) is 27.3. The van der Waals surface area contributed by atoms with E-state index in [1.165, 1.54) is 23.3 Å². The van der Waals surface area contributed by atoms with Crippen LogP contribution in [0.1, 0.15) is 62.8 Å². The van der Waals surface area contributed by atoms with E-state index in [1.54, 1.807) is 26.0 Å². The molecule has 0 aromatic heterocycles. The Labute approximate surface area is 293 Å². The number of carbonyl (C=O) groups excluding carboxylic acids is 1. The maximum absolute atomic E-state index is 14.5. The Balaban J connectivity index is 1.17. The van der Waals surface area contributed by atoms with Crippen molar-refractivity contribution in [1.82, 2.24) is 15.1 Å². The topological polar surface area (TPSA) is 123 Å². The molecule has 0 spiro atoms. The molecule has 0 bridgehead atoms. The van der Waals surface area contributed by atoms with Crippen LogP contribution in [0.3, 0.4) is 0 Å². The molecule has 0 unspecified atom stereocenters. The van der Waals surface area contributed by atoms with Crippen molar-refractivity contribution in [2.75, 3.05) is 39.3 Å². The number of hydrogen-bond donors (Lipinski definition) is 1. The molecule has 0 saturated carbocycles. The Morgan fingerprint density at radius 1 is 0.920 bits per heavy atom. The average Bonchev–Trinajstić information content (AvgIpc) is 3.09. The summed E-state index contributed by atoms with van der Waals surface area (Å²) < 4.78 is 32.4. The zero-order chi connectivity index (χ0) is 35.4. The fraction of sp³-hybridized carbons (Fsp3) is 0.395. The Kier molecular flexibility index (Phi) is 11.0. The minimum absolute atomic E-state index is 0.144. The summed E-state index contributed by atoms with van der Waals surface area (Å²) in [5.74, 6) is -1.53. The zero-order valence-electron chi connectivity index (χ0n) is 29.0. The second kappa shape index (κ2) is 15.4. The van der Waals surface area contributed by atoms with Gasteiger partial charge in [0.1, 0.15) is 6.61 Å². The second-order valence-corrected chi connectivity index (χ2v) is 15.2. The first-order chi connectivity index (χ1) is 24.0. The predicted molar refractivity (Wildman–Crippen MR) is 191 cm³/mol. The van der Waals surface area contributed by atoms with Crippen LogP contribution >= 0.6 is 7.60 Å². The van der Waals surface area contributed by atoms with E-state index in [0.717, 1.165) is 26.2 Å². The van der Waals surface area contributed by atoms with Crippen LogP contribution in [0.5, 0.6) is 0 Å². The molecule has 12 heteroatoms. The number of non-ortho nitro benzene ring substituents is 1. The molecule has 3 aliphatic heterocycles. The molecule has 0 radical (unpaired) electrons. The molecule has 2 fully saturated rings. The van der Waals surface area contributed by atoms with Gasteiger partial charge < -0.3 is 19.1 Å². The van der Waals surface area contributed by atoms with E-state index in [2.05, 4.69) is 63.6 Å². The standard InChI is InChI=1S/C38H45N4O7P/c1-26-24-27(2)49-50(46,48-26)37-29(4)39-28(3)34(35(37)32-16-11-17-33(25-32)42(44)45)38(43)47-23-22-40-18-20-41(21-19-40)36(30-12-7-5-8-13-30)31-14-9-6-10-15-31/h5-17,25-27,35-36,39H,18-24H2,1-4H3/t26-,27-,35-/m1/s1. The van der Waals surface area contributed by atoms with Gasteiger partial charge in [0.15, 0.2) is 0 Å². The van der Waals surface area contributed by atoms with Crippen LogP contribution in [0.25, 0.3) is 0 Å². The molecular weight excluding hydrogens is 655 g/mol. The molecule has 3 aromatic rings. The van der Waals surface area contributed by atoms with Gasteiger partial charge in [0, 0.05) is 62.7 Å². The number of esters is 1. The highest BCUT2D eigenvalue weighted by molar-refractivity contribution is 7.58. The number of nitro benzene ring substituents is 1. The highest BCUT2D eigenvalue weighted by Gasteiger charge is 2.48. The van der Waals surface area contributed by atoms with Crippen molar-refractivity contribution in [2.24, 2.45) is 0 Å². The fourth-order valence-corrected chi connectivity index (χ4v) is 9.86. The van der Waals surface area contributed by atoms with Crippen molar-refractivity contribution in [2.45, 2.75) is 58.3 Å². The average molecular weight is 701 g/mol. The van der Waals surface area contributed by atoms with Gasteiger partial charge in [0.05, 0.1) is 40.0 Å². The van der Waals surface area contributed by atoms with Gasteiger partial charge in [-0.05, 0) is 44.4 Å². The van der Waals surface area contributed by atoms with Crippen molar-refractivity contribution in [3.8, 4) is 0 Å². The van der Waals surface area contributed by atoms with Crippen LogP contribution < -0.4 is 5.32 Å². The largest absolute Gasteiger partial charge is 0.461 e. The van der Waals surface area contributed by atoms with E-state index in [9.17, 15) is 19.5 Å². The first-order valence-electron chi connectivity index (χ1n) is 17.2. The molecule has 3 aromatic carbocycles. The third-order valence-corrected chi connectivity index (χ3v) is 12.1. The Hall–Kier alpha value is -4.12. The van der Waals surface area contributed by atoms with E-state index in [0.29, 0.717) is 29.9 Å². The molecule has 0 amide bonds. The highest BCUT2D eigenvalue weighted by Crippen LogP contribution is 2.67. The number of allylic oxidation sites excluding steroid dienone is 3. The molecular formula is C38H45N4O7P. The van der Waals surface area contributed by atoms with Gasteiger partial charge in [-0.2, -0.15) is 0 Å². The van der Waals surface area contributed by atoms with E-state index >= 15 is 0 Å². The van der Waals surface area contributed by atoms with Gasteiger partial charge >= 0.3 is 13.6 Å². The maximum Gasteiger partial charge on any atom is 0.360 e. The van der Waals surface area contributed by atoms with Gasteiger partial charge in [-0.3, -0.25) is 24.5 Å². The molecule has 11 nitrogen and oxygen atoms in total. The van der Waals surface area contributed by atoms with Crippen LogP contribution in [0.2, 0.25) is 0 Å². The molecule has 3 atom stereocenters. The summed E-state index contributed by atoms with van der Waals surface area (Å²) in [7, 11) is -3.94. The molecule has 50 heavy (non-hydrogen) atoms. The molecule has 3 aliphatic rings. The summed E-state index contributed by atoms with van der Waals surface area (Å²) >= 11 is 0. The quantitative estimate of drug-likeness (QED) is 0.101. The monoisotopic (exact) mass is 700 g/mol. The van der Waals surface area contributed by atoms with Crippen molar-refractivity contribution in [3.63, 3.8) is 0 Å². The molecule has 1 N–H and O–H groups in total. The third kappa shape index (κ3) is 7.77. The summed E-state index contributed by atoms with van der Waals surface area (Å²) in [4.78, 5) is 30.1. The van der Waals surface area contributed by atoms with E-state index in [-0.39, 0.29) is 41.4 Å². The lowest BCUT2D eigenvalue weighted by molar-refractivity contribution is -0.384. The zero-order valence-corrected chi connectivity index (χ0v) is 29.9. The number of dihydropyridines is 1. The lowest BCUT2D eigenvalue weighted by atomic mass is 9.86. The van der Waals surface area contributed by atoms with Gasteiger partial charge in [-0.25, -0.2) is 4.79 Å². The second-order valence-electron chi connectivity index (χ2n) is 13.3. The SMILES string of the molecule is CC1=C(C(=O)OCCN2CCN(C(c3ccccc3)c3ccccc3)CC2)[C@@H](c2cccc([N+](=O)[O-])c2)C(P2(=O)O[C@H](C)C[C@@H](C)O2)=C(C)N1. The smallest absolute Gasteiger partial charge is 0.360 e. The number of piperazine rings is 1. The van der Waals surface area contributed by atoms with Crippen molar-refractivity contribution in [1.29, 1.82) is 0 Å². The molecule has 0 aliphatic carbocycles. The lowest BCUT2D eigenvalue weighted by Crippen LogP contribution is -2.48. The van der Waals surface area contributed by atoms with E-state index < -0.39 is 24.4 Å². The fourth-order valence-electron chi connectivity index (χ4n) is 7.40. The highest BCUT2D eigenvalue weighted by atomic mass is 31.2. The minimum Gasteiger partial charge on any atom is -0.461 e. The van der Waals surface area contributed by atoms with Crippen molar-refractivity contribution in [3.05, 3.63) is 134 Å². The van der Waals surface area contributed by atoms with Crippen LogP contribution in [0.4, 0.5) is 5.69 Å². The number of carbonyl (C=O) groups is 1. The molecule has 6 rings (SSSR count). The van der Waals surface area contributed by atoms with Crippen molar-refractivity contribution < 1.29 is 28.1 Å². The van der Waals surface area contributed by atoms with Crippen LogP contribution in [0.15, 0.2) is 107 Å². The first kappa shape index (κ1) is 35.7. The number of hydrogen-bond acceptors (Lipinski definition) is 10. The van der Waals surface area contributed by atoms with Crippen LogP contribution in [0, 0.1) is 10.1 Å². The predicted octanol–water partition coefficient (Wildman–Crippen LogP) is 7.14. The number of nitrogens with one attached hydrogen (secondary N) is 1. The van der Waals surface area contributed by atoms with Crippen LogP contribution in [-0.2, 0) is 23.1 Å². The molecule has 2 saturated heterocycles. The summed E-state index contributed by atoms with van der Waals surface area (Å²) in [5.41, 5.74) is 4.04. The minimum atomic E-state index is -3.94.